The number of rotatable bonds is 1. The van der Waals surface area contributed by atoms with E-state index in [1.54, 1.807) is 0 Å². The summed E-state index contributed by atoms with van der Waals surface area (Å²) in [7, 11) is 3.75. The molecule has 0 aromatic carbocycles. The lowest BCUT2D eigenvalue weighted by molar-refractivity contribution is 0.886. The molecule has 1 nitrogen and oxygen atoms in total. The van der Waals surface area contributed by atoms with Crippen molar-refractivity contribution in [1.82, 2.24) is 5.32 Å². The van der Waals surface area contributed by atoms with Crippen LogP contribution in [0.5, 0.6) is 0 Å². The Morgan fingerprint density at radius 1 is 0.750 bits per heavy atom. The molecule has 0 amide bonds. The van der Waals surface area contributed by atoms with Crippen LogP contribution in [-0.2, 0) is 0 Å². The summed E-state index contributed by atoms with van der Waals surface area (Å²) in [6.45, 7) is 12.6. The highest BCUT2D eigenvalue weighted by molar-refractivity contribution is 4.12. The molecule has 0 radical (unpaired) electrons. The molecule has 0 fully saturated rings. The number of unbranched alkanes of at least 4 members (excludes halogenated alkanes) is 1. The first-order valence-corrected chi connectivity index (χ1v) is 5.33. The van der Waals surface area contributed by atoms with Gasteiger partial charge in [0.1, 0.15) is 0 Å². The molecule has 0 aromatic rings. The molecule has 0 aliphatic heterocycles. The maximum Gasteiger partial charge on any atom is -0.0167 e. The first-order valence-electron chi connectivity index (χ1n) is 5.33. The lowest BCUT2D eigenvalue weighted by Crippen LogP contribution is -1.89. The number of nitrogens with one attached hydrogen (secondary N) is 1. The van der Waals surface area contributed by atoms with E-state index in [-0.39, 0.29) is 0 Å². The van der Waals surface area contributed by atoms with Crippen LogP contribution in [0.3, 0.4) is 0 Å². The fraction of sp³-hybridized carbons (Fsp3) is 1.00. The van der Waals surface area contributed by atoms with E-state index in [9.17, 15) is 0 Å². The molecule has 0 unspecified atom stereocenters. The first kappa shape index (κ1) is 22.7. The SMILES string of the molecule is CC.CCC.CCCC.CNC. The molecular weight excluding hydrogens is 146 g/mol. The van der Waals surface area contributed by atoms with E-state index in [1.165, 1.54) is 19.3 Å². The summed E-state index contributed by atoms with van der Waals surface area (Å²) in [6, 6.07) is 0. The Balaban J connectivity index is -0.0000000368. The minimum Gasteiger partial charge on any atom is -0.323 e. The van der Waals surface area contributed by atoms with Crippen molar-refractivity contribution < 1.29 is 0 Å². The lowest BCUT2D eigenvalue weighted by Gasteiger charge is -1.68. The van der Waals surface area contributed by atoms with Gasteiger partial charge in [0.05, 0.1) is 0 Å². The monoisotopic (exact) mass is 177 g/mol. The molecule has 0 aliphatic rings. The van der Waals surface area contributed by atoms with Crippen LogP contribution in [0, 0.1) is 0 Å². The second-order valence-corrected chi connectivity index (χ2v) is 2.21. The van der Waals surface area contributed by atoms with Crippen LogP contribution in [0.1, 0.15) is 60.8 Å². The summed E-state index contributed by atoms with van der Waals surface area (Å²) in [6.07, 6.45) is 3.89. The molecule has 12 heavy (non-hydrogen) atoms. The van der Waals surface area contributed by atoms with Gasteiger partial charge in [-0.15, -0.1) is 0 Å². The quantitative estimate of drug-likeness (QED) is 0.636. The molecule has 0 saturated heterocycles. The summed E-state index contributed by atoms with van der Waals surface area (Å²) in [5, 5.41) is 2.75. The maximum atomic E-state index is 2.75. The summed E-state index contributed by atoms with van der Waals surface area (Å²) in [5.74, 6) is 0. The molecule has 0 rings (SSSR count). The van der Waals surface area contributed by atoms with Crippen LogP contribution in [-0.4, -0.2) is 14.1 Å². The van der Waals surface area contributed by atoms with E-state index in [4.69, 9.17) is 0 Å². The third-order valence-electron chi connectivity index (χ3n) is 0.500. The van der Waals surface area contributed by atoms with Gasteiger partial charge < -0.3 is 5.32 Å². The Morgan fingerprint density at radius 3 is 0.833 bits per heavy atom. The fourth-order valence-corrected chi connectivity index (χ4v) is 0. The Bertz CT molecular complexity index is 17.0. The second-order valence-electron chi connectivity index (χ2n) is 2.21. The normalized spacial score (nSPS) is 6.00. The van der Waals surface area contributed by atoms with E-state index >= 15 is 0 Å². The van der Waals surface area contributed by atoms with Gasteiger partial charge >= 0.3 is 0 Å². The van der Waals surface area contributed by atoms with Crippen molar-refractivity contribution in [1.29, 1.82) is 0 Å². The zero-order valence-electron chi connectivity index (χ0n) is 10.6. The number of hydrogen-bond donors (Lipinski definition) is 1. The van der Waals surface area contributed by atoms with Crippen molar-refractivity contribution in [3.8, 4) is 0 Å². The molecule has 0 saturated carbocycles. The minimum atomic E-state index is 1.25. The highest BCUT2D eigenvalue weighted by atomic mass is 14.7. The molecule has 0 atom stereocenters. The van der Waals surface area contributed by atoms with Gasteiger partial charge in [0, 0.05) is 0 Å². The van der Waals surface area contributed by atoms with Crippen LogP contribution in [0.2, 0.25) is 0 Å². The molecular formula is C11H31N. The van der Waals surface area contributed by atoms with Gasteiger partial charge in [-0.05, 0) is 14.1 Å². The van der Waals surface area contributed by atoms with Crippen LogP contribution in [0.4, 0.5) is 0 Å². The standard InChI is InChI=1S/C4H10.C3H8.C2H7N.C2H6/c1-3-4-2;2*1-3-2;1-2/h3-4H2,1-2H3;3H2,1-2H3;3H,1-2H3;1-2H3. The predicted octanol–water partition coefficient (Wildman–Crippen LogP) is 4.08. The van der Waals surface area contributed by atoms with E-state index in [2.05, 4.69) is 33.0 Å². The van der Waals surface area contributed by atoms with E-state index < -0.39 is 0 Å². The predicted molar refractivity (Wildman–Crippen MR) is 62.9 cm³/mol. The first-order chi connectivity index (χ1) is 5.74. The largest absolute Gasteiger partial charge is 0.323 e. The van der Waals surface area contributed by atoms with Crippen LogP contribution < -0.4 is 5.32 Å². The molecule has 80 valence electrons. The molecule has 1 N–H and O–H groups in total. The average Bonchev–Trinajstić information content (AvgIpc) is 2.10. The Morgan fingerprint density at radius 2 is 0.833 bits per heavy atom. The summed E-state index contributed by atoms with van der Waals surface area (Å²) in [5.41, 5.74) is 0. The Hall–Kier alpha value is -0.0400. The van der Waals surface area contributed by atoms with Gasteiger partial charge in [-0.2, -0.15) is 0 Å². The zero-order chi connectivity index (χ0) is 10.8. The minimum absolute atomic E-state index is 1.25. The van der Waals surface area contributed by atoms with Gasteiger partial charge in [-0.3, -0.25) is 0 Å². The molecule has 0 aromatic heterocycles. The third kappa shape index (κ3) is 868. The van der Waals surface area contributed by atoms with E-state index in [0.717, 1.165) is 0 Å². The zero-order valence-corrected chi connectivity index (χ0v) is 10.6. The van der Waals surface area contributed by atoms with Crippen molar-refractivity contribution in [3.63, 3.8) is 0 Å². The van der Waals surface area contributed by atoms with E-state index in [1.807, 2.05) is 27.9 Å². The van der Waals surface area contributed by atoms with Crippen molar-refractivity contribution in [2.24, 2.45) is 0 Å². The lowest BCUT2D eigenvalue weighted by atomic mass is 10.4. The maximum absolute atomic E-state index is 2.75. The molecule has 1 heteroatoms. The molecule has 0 bridgehead atoms. The van der Waals surface area contributed by atoms with Crippen molar-refractivity contribution in [3.05, 3.63) is 0 Å². The topological polar surface area (TPSA) is 12.0 Å². The molecule has 0 spiro atoms. The summed E-state index contributed by atoms with van der Waals surface area (Å²) < 4.78 is 0. The van der Waals surface area contributed by atoms with Crippen LogP contribution >= 0.6 is 0 Å². The Kier molecular flexibility index (Phi) is 131. The van der Waals surface area contributed by atoms with Gasteiger partial charge in [0.15, 0.2) is 0 Å². The fourth-order valence-electron chi connectivity index (χ4n) is 0. The van der Waals surface area contributed by atoms with Crippen LogP contribution in [0.25, 0.3) is 0 Å². The van der Waals surface area contributed by atoms with Crippen molar-refractivity contribution >= 4 is 0 Å². The highest BCUT2D eigenvalue weighted by Gasteiger charge is 1.56. The highest BCUT2D eigenvalue weighted by Crippen LogP contribution is 1.76. The van der Waals surface area contributed by atoms with Gasteiger partial charge in [0.25, 0.3) is 0 Å². The van der Waals surface area contributed by atoms with Crippen molar-refractivity contribution in [2.45, 2.75) is 60.8 Å². The smallest absolute Gasteiger partial charge is 0.0167 e. The van der Waals surface area contributed by atoms with Gasteiger partial charge in [0.2, 0.25) is 0 Å². The van der Waals surface area contributed by atoms with E-state index in [0.29, 0.717) is 0 Å². The summed E-state index contributed by atoms with van der Waals surface area (Å²) in [4.78, 5) is 0. The average molecular weight is 177 g/mol. The van der Waals surface area contributed by atoms with Gasteiger partial charge in [-0.25, -0.2) is 0 Å². The molecule has 0 aliphatic carbocycles. The molecule has 0 heterocycles. The third-order valence-corrected chi connectivity index (χ3v) is 0.500. The van der Waals surface area contributed by atoms with Crippen molar-refractivity contribution in [2.75, 3.05) is 14.1 Å². The van der Waals surface area contributed by atoms with Crippen LogP contribution in [0.15, 0.2) is 0 Å². The Labute approximate surface area is 81.0 Å². The second kappa shape index (κ2) is 69.3. The number of hydrogen-bond acceptors (Lipinski definition) is 1. The summed E-state index contributed by atoms with van der Waals surface area (Å²) >= 11 is 0. The van der Waals surface area contributed by atoms with Gasteiger partial charge in [-0.1, -0.05) is 60.8 Å².